The number of rotatable bonds is 3. The van der Waals surface area contributed by atoms with Gasteiger partial charge in [-0.25, -0.2) is 4.79 Å². The molecule has 1 aliphatic carbocycles. The number of carbonyl (C=O) groups is 1. The number of thiocarbonyl (C=S) groups is 1. The summed E-state index contributed by atoms with van der Waals surface area (Å²) in [7, 11) is 1.68. The smallest absolute Gasteiger partial charge is 0.336 e. The lowest BCUT2D eigenvalue weighted by Crippen LogP contribution is -2.30. The second-order valence-corrected chi connectivity index (χ2v) is 6.19. The summed E-state index contributed by atoms with van der Waals surface area (Å²) in [4.78, 5) is 12.1. The van der Waals surface area contributed by atoms with Gasteiger partial charge in [-0.3, -0.25) is 0 Å². The minimum atomic E-state index is -0.299. The molecule has 8 heteroatoms. The van der Waals surface area contributed by atoms with E-state index in [4.69, 9.17) is 10.5 Å². The lowest BCUT2D eigenvalue weighted by atomic mass is 9.77. The summed E-state index contributed by atoms with van der Waals surface area (Å²) < 4.78 is 5.12. The molecular weight excluding hydrogens is 360 g/mol. The van der Waals surface area contributed by atoms with Crippen molar-refractivity contribution in [2.45, 2.75) is 39.5 Å². The number of nitrogens with zero attached hydrogens (tertiary/aromatic N) is 1. The molecule has 6 nitrogen and oxygen atoms in total. The number of nitriles is 1. The van der Waals surface area contributed by atoms with E-state index < -0.39 is 0 Å². The average molecular weight is 387 g/mol. The molecule has 2 aliphatic rings. The Morgan fingerprint density at radius 3 is 2.52 bits per heavy atom. The van der Waals surface area contributed by atoms with Crippen molar-refractivity contribution < 1.29 is 9.53 Å². The number of halogens is 1. The van der Waals surface area contributed by atoms with E-state index in [0.29, 0.717) is 28.8 Å². The zero-order valence-electron chi connectivity index (χ0n) is 14.9. The zero-order chi connectivity index (χ0) is 18.1. The third-order valence-corrected chi connectivity index (χ3v) is 4.45. The van der Waals surface area contributed by atoms with E-state index in [1.54, 1.807) is 20.2 Å². The molecule has 4 N–H and O–H groups in total. The lowest BCUT2D eigenvalue weighted by Gasteiger charge is -2.29. The van der Waals surface area contributed by atoms with E-state index >= 15 is 0 Å². The molecular formula is C17H27ClN4O2S. The van der Waals surface area contributed by atoms with Gasteiger partial charge in [-0.1, -0.05) is 12.8 Å². The Morgan fingerprint density at radius 1 is 1.52 bits per heavy atom. The number of hydrogen-bond donors (Lipinski definition) is 3. The normalized spacial score (nSPS) is 19.3. The Labute approximate surface area is 161 Å². The molecule has 1 atom stereocenters. The quantitative estimate of drug-likeness (QED) is 0.506. The topological polar surface area (TPSA) is 100 Å². The van der Waals surface area contributed by atoms with Crippen molar-refractivity contribution in [1.29, 1.82) is 5.26 Å². The van der Waals surface area contributed by atoms with Crippen molar-refractivity contribution in [3.8, 4) is 6.07 Å². The Kier molecular flexibility index (Phi) is 10.9. The first-order chi connectivity index (χ1) is 11.5. The highest BCUT2D eigenvalue weighted by molar-refractivity contribution is 7.80. The van der Waals surface area contributed by atoms with Gasteiger partial charge in [0.2, 0.25) is 0 Å². The minimum absolute atomic E-state index is 0. The average Bonchev–Trinajstić information content (AvgIpc) is 3.09. The highest BCUT2D eigenvalue weighted by Crippen LogP contribution is 2.41. The fourth-order valence-electron chi connectivity index (χ4n) is 3.08. The van der Waals surface area contributed by atoms with Crippen LogP contribution in [-0.2, 0) is 9.53 Å². The monoisotopic (exact) mass is 386 g/mol. The van der Waals surface area contributed by atoms with Gasteiger partial charge < -0.3 is 21.1 Å². The number of esters is 1. The summed E-state index contributed by atoms with van der Waals surface area (Å²) in [6.45, 7) is 4.04. The van der Waals surface area contributed by atoms with Crippen molar-refractivity contribution in [3.63, 3.8) is 0 Å². The summed E-state index contributed by atoms with van der Waals surface area (Å²) in [5.41, 5.74) is 7.07. The van der Waals surface area contributed by atoms with Crippen LogP contribution in [0.25, 0.3) is 0 Å². The first-order valence-corrected chi connectivity index (χ1v) is 8.58. The molecule has 0 amide bonds. The van der Waals surface area contributed by atoms with Crippen LogP contribution in [0.5, 0.6) is 0 Å². The molecule has 0 saturated heterocycles. The van der Waals surface area contributed by atoms with Crippen LogP contribution in [0.3, 0.4) is 0 Å². The van der Waals surface area contributed by atoms with Crippen molar-refractivity contribution in [3.05, 3.63) is 23.0 Å². The third-order valence-electron chi connectivity index (χ3n) is 4.24. The van der Waals surface area contributed by atoms with Gasteiger partial charge in [0.1, 0.15) is 0 Å². The zero-order valence-corrected chi connectivity index (χ0v) is 16.6. The second-order valence-electron chi connectivity index (χ2n) is 5.75. The molecule has 1 saturated carbocycles. The van der Waals surface area contributed by atoms with E-state index in [0.717, 1.165) is 18.5 Å². The number of dihydropyridines is 1. The highest BCUT2D eigenvalue weighted by Gasteiger charge is 2.37. The molecule has 1 fully saturated rings. The van der Waals surface area contributed by atoms with Crippen LogP contribution in [0.15, 0.2) is 23.0 Å². The SMILES string of the molecule is CCOC(=O)C1=CNC(C)=C(C#N)[C@H]1C1CCCC1.CNC(N)=S.Cl. The number of allylic oxidation sites excluding steroid dienone is 2. The largest absolute Gasteiger partial charge is 0.463 e. The fourth-order valence-corrected chi connectivity index (χ4v) is 3.08. The Morgan fingerprint density at radius 2 is 2.08 bits per heavy atom. The van der Waals surface area contributed by atoms with Crippen molar-refractivity contribution >= 4 is 35.7 Å². The van der Waals surface area contributed by atoms with Crippen molar-refractivity contribution in [2.75, 3.05) is 13.7 Å². The van der Waals surface area contributed by atoms with E-state index in [9.17, 15) is 10.1 Å². The van der Waals surface area contributed by atoms with Gasteiger partial charge in [0.15, 0.2) is 5.11 Å². The number of carbonyl (C=O) groups excluding carboxylic acids is 1. The van der Waals surface area contributed by atoms with Gasteiger partial charge in [0.25, 0.3) is 0 Å². The Hall–Kier alpha value is -1.78. The molecule has 0 unspecified atom stereocenters. The van der Waals surface area contributed by atoms with Gasteiger partial charge in [-0.2, -0.15) is 5.26 Å². The summed E-state index contributed by atoms with van der Waals surface area (Å²) >= 11 is 4.36. The standard InChI is InChI=1S/C15H20N2O2.C2H6N2S.ClH/c1-3-19-15(18)13-9-17-10(2)12(8-16)14(13)11-6-4-5-7-11;1-4-2(3)5;/h9,11,14,17H,3-7H2,1-2H3;1H3,(H3,3,4,5);1H/t14-;;/m1../s1. The predicted molar refractivity (Wildman–Crippen MR) is 105 cm³/mol. The first kappa shape index (κ1) is 23.2. The van der Waals surface area contributed by atoms with E-state index in [-0.39, 0.29) is 24.3 Å². The predicted octanol–water partition coefficient (Wildman–Crippen LogP) is 2.51. The van der Waals surface area contributed by atoms with E-state index in [2.05, 4.69) is 28.9 Å². The second kappa shape index (κ2) is 11.7. The van der Waals surface area contributed by atoms with Crippen LogP contribution >= 0.6 is 24.6 Å². The number of nitrogens with two attached hydrogens (primary N) is 1. The maximum absolute atomic E-state index is 12.1. The van der Waals surface area contributed by atoms with E-state index in [1.807, 2.05) is 6.92 Å². The summed E-state index contributed by atoms with van der Waals surface area (Å²) in [5.74, 6) is 0.00214. The Bertz CT molecular complexity index is 578. The van der Waals surface area contributed by atoms with Crippen molar-refractivity contribution in [1.82, 2.24) is 10.6 Å². The van der Waals surface area contributed by atoms with Gasteiger partial charge in [0.05, 0.1) is 23.8 Å². The van der Waals surface area contributed by atoms with Gasteiger partial charge >= 0.3 is 5.97 Å². The molecule has 140 valence electrons. The molecule has 0 aromatic carbocycles. The van der Waals surface area contributed by atoms with Gasteiger partial charge in [-0.05, 0) is 44.8 Å². The molecule has 0 radical (unpaired) electrons. The van der Waals surface area contributed by atoms with Gasteiger partial charge in [0, 0.05) is 24.9 Å². The molecule has 0 spiro atoms. The molecule has 1 aliphatic heterocycles. The molecule has 0 bridgehead atoms. The maximum Gasteiger partial charge on any atom is 0.336 e. The summed E-state index contributed by atoms with van der Waals surface area (Å²) in [6.07, 6.45) is 6.25. The van der Waals surface area contributed by atoms with Gasteiger partial charge in [-0.15, -0.1) is 12.4 Å². The third kappa shape index (κ3) is 6.56. The number of ether oxygens (including phenoxy) is 1. The number of nitrogens with one attached hydrogen (secondary N) is 2. The first-order valence-electron chi connectivity index (χ1n) is 8.17. The summed E-state index contributed by atoms with van der Waals surface area (Å²) in [6, 6.07) is 2.28. The highest BCUT2D eigenvalue weighted by atomic mass is 35.5. The van der Waals surface area contributed by atoms with Crippen LogP contribution in [0, 0.1) is 23.2 Å². The molecule has 1 heterocycles. The molecule has 2 rings (SSSR count). The Balaban J connectivity index is 0.000000848. The van der Waals surface area contributed by atoms with Crippen LogP contribution in [0.2, 0.25) is 0 Å². The lowest BCUT2D eigenvalue weighted by molar-refractivity contribution is -0.139. The maximum atomic E-state index is 12.1. The van der Waals surface area contributed by atoms with Crippen LogP contribution in [0.1, 0.15) is 39.5 Å². The van der Waals surface area contributed by atoms with Crippen LogP contribution < -0.4 is 16.4 Å². The number of hydrogen-bond acceptors (Lipinski definition) is 5. The van der Waals surface area contributed by atoms with Crippen LogP contribution in [0.4, 0.5) is 0 Å². The molecule has 25 heavy (non-hydrogen) atoms. The fraction of sp³-hybridized carbons (Fsp3) is 0.588. The summed E-state index contributed by atoms with van der Waals surface area (Å²) in [5, 5.41) is 15.3. The minimum Gasteiger partial charge on any atom is -0.463 e. The van der Waals surface area contributed by atoms with Crippen LogP contribution in [-0.4, -0.2) is 24.7 Å². The molecule has 0 aromatic heterocycles. The molecule has 0 aromatic rings. The van der Waals surface area contributed by atoms with E-state index in [1.165, 1.54) is 12.8 Å². The van der Waals surface area contributed by atoms with Crippen molar-refractivity contribution in [2.24, 2.45) is 17.6 Å².